The third kappa shape index (κ3) is 2.13. The van der Waals surface area contributed by atoms with Gasteiger partial charge in [-0.2, -0.15) is 0 Å². The minimum Gasteiger partial charge on any atom is -0.502 e. The molecule has 0 radical (unpaired) electrons. The van der Waals surface area contributed by atoms with Crippen molar-refractivity contribution in [3.8, 4) is 5.75 Å². The molecular formula is C12H14N2O4. The lowest BCUT2D eigenvalue weighted by molar-refractivity contribution is -0.385. The van der Waals surface area contributed by atoms with Crippen LogP contribution in [0.5, 0.6) is 5.75 Å². The zero-order valence-electron chi connectivity index (χ0n) is 10.00. The Kier molecular flexibility index (Phi) is 3.18. The van der Waals surface area contributed by atoms with Gasteiger partial charge in [0.25, 0.3) is 5.91 Å². The summed E-state index contributed by atoms with van der Waals surface area (Å²) < 4.78 is 0. The molecule has 1 aliphatic heterocycles. The summed E-state index contributed by atoms with van der Waals surface area (Å²) in [5.41, 5.74) is -0.439. The van der Waals surface area contributed by atoms with Gasteiger partial charge in [0.1, 0.15) is 0 Å². The van der Waals surface area contributed by atoms with Crippen molar-refractivity contribution in [3.63, 3.8) is 0 Å². The number of benzene rings is 1. The molecule has 6 heteroatoms. The van der Waals surface area contributed by atoms with E-state index in [1.165, 1.54) is 18.2 Å². The second kappa shape index (κ2) is 4.64. The quantitative estimate of drug-likeness (QED) is 0.640. The van der Waals surface area contributed by atoms with Crippen LogP contribution in [-0.4, -0.2) is 33.9 Å². The van der Waals surface area contributed by atoms with Gasteiger partial charge in [-0.15, -0.1) is 0 Å². The minimum atomic E-state index is -0.696. The van der Waals surface area contributed by atoms with Crippen LogP contribution in [0.15, 0.2) is 18.2 Å². The number of nitro benzene ring substituents is 1. The van der Waals surface area contributed by atoms with E-state index in [2.05, 4.69) is 0 Å². The number of para-hydroxylation sites is 1. The molecule has 0 bridgehead atoms. The average molecular weight is 250 g/mol. The van der Waals surface area contributed by atoms with Crippen LogP contribution >= 0.6 is 0 Å². The van der Waals surface area contributed by atoms with Crippen LogP contribution in [0.4, 0.5) is 5.69 Å². The first-order valence-electron chi connectivity index (χ1n) is 5.76. The number of aromatic hydroxyl groups is 1. The normalized spacial score (nSPS) is 18.9. The lowest BCUT2D eigenvalue weighted by atomic mass is 10.1. The highest BCUT2D eigenvalue weighted by Crippen LogP contribution is 2.31. The van der Waals surface area contributed by atoms with Crippen LogP contribution in [0, 0.1) is 16.0 Å². The van der Waals surface area contributed by atoms with Crippen LogP contribution < -0.4 is 0 Å². The fraction of sp³-hybridized carbons (Fsp3) is 0.417. The molecule has 0 spiro atoms. The zero-order chi connectivity index (χ0) is 13.3. The molecule has 0 aliphatic carbocycles. The number of phenols is 1. The van der Waals surface area contributed by atoms with Crippen molar-refractivity contribution >= 4 is 11.6 Å². The third-order valence-corrected chi connectivity index (χ3v) is 3.15. The molecule has 1 aromatic rings. The van der Waals surface area contributed by atoms with Crippen molar-refractivity contribution in [1.29, 1.82) is 0 Å². The summed E-state index contributed by atoms with van der Waals surface area (Å²) >= 11 is 0. The Morgan fingerprint density at radius 3 is 2.83 bits per heavy atom. The number of carbonyl (C=O) groups excluding carboxylic acids is 1. The molecule has 1 amide bonds. The largest absolute Gasteiger partial charge is 0.502 e. The van der Waals surface area contributed by atoms with Crippen molar-refractivity contribution in [2.75, 3.05) is 13.1 Å². The Hall–Kier alpha value is -2.11. The van der Waals surface area contributed by atoms with E-state index >= 15 is 0 Å². The van der Waals surface area contributed by atoms with Crippen LogP contribution in [0.1, 0.15) is 23.7 Å². The summed E-state index contributed by atoms with van der Waals surface area (Å²) in [5, 5.41) is 20.5. The molecule has 1 aromatic carbocycles. The Morgan fingerprint density at radius 1 is 1.56 bits per heavy atom. The molecular weight excluding hydrogens is 236 g/mol. The Morgan fingerprint density at radius 2 is 2.28 bits per heavy atom. The van der Waals surface area contributed by atoms with Gasteiger partial charge in [0.2, 0.25) is 5.75 Å². The molecule has 0 aromatic heterocycles. The first kappa shape index (κ1) is 12.3. The van der Waals surface area contributed by atoms with Crippen LogP contribution in [0.3, 0.4) is 0 Å². The molecule has 18 heavy (non-hydrogen) atoms. The summed E-state index contributed by atoms with van der Waals surface area (Å²) in [4.78, 5) is 23.7. The molecule has 0 saturated carbocycles. The van der Waals surface area contributed by atoms with Gasteiger partial charge in [-0.3, -0.25) is 14.9 Å². The number of hydrogen-bond acceptors (Lipinski definition) is 4. The number of carbonyl (C=O) groups is 1. The number of phenolic OH excluding ortho intramolecular Hbond substituents is 1. The number of hydrogen-bond donors (Lipinski definition) is 1. The summed E-state index contributed by atoms with van der Waals surface area (Å²) in [6.45, 7) is 3.30. The van der Waals surface area contributed by atoms with Crippen LogP contribution in [0.2, 0.25) is 0 Å². The fourth-order valence-electron chi connectivity index (χ4n) is 2.14. The summed E-state index contributed by atoms with van der Waals surface area (Å²) in [7, 11) is 0. The van der Waals surface area contributed by atoms with Gasteiger partial charge < -0.3 is 10.0 Å². The van der Waals surface area contributed by atoms with E-state index in [1.54, 1.807) is 4.90 Å². The van der Waals surface area contributed by atoms with Crippen molar-refractivity contribution in [2.45, 2.75) is 13.3 Å². The number of rotatable bonds is 2. The first-order valence-corrected chi connectivity index (χ1v) is 5.76. The van der Waals surface area contributed by atoms with Gasteiger partial charge in [0.15, 0.2) is 0 Å². The lowest BCUT2D eigenvalue weighted by Gasteiger charge is -2.16. The van der Waals surface area contributed by atoms with E-state index in [1.807, 2.05) is 6.92 Å². The Balaban J connectivity index is 2.31. The van der Waals surface area contributed by atoms with Crippen LogP contribution in [-0.2, 0) is 0 Å². The Labute approximate surface area is 104 Å². The predicted molar refractivity (Wildman–Crippen MR) is 64.4 cm³/mol. The van der Waals surface area contributed by atoms with Crippen LogP contribution in [0.25, 0.3) is 0 Å². The first-order chi connectivity index (χ1) is 8.50. The van der Waals surface area contributed by atoms with E-state index in [-0.39, 0.29) is 11.5 Å². The van der Waals surface area contributed by atoms with Gasteiger partial charge >= 0.3 is 5.69 Å². The van der Waals surface area contributed by atoms with Crippen molar-refractivity contribution < 1.29 is 14.8 Å². The average Bonchev–Trinajstić information content (AvgIpc) is 2.75. The summed E-state index contributed by atoms with van der Waals surface area (Å²) in [6, 6.07) is 4.00. The fourth-order valence-corrected chi connectivity index (χ4v) is 2.14. The predicted octanol–water partition coefficient (Wildman–Crippen LogP) is 1.78. The lowest BCUT2D eigenvalue weighted by Crippen LogP contribution is -2.28. The van der Waals surface area contributed by atoms with Crippen molar-refractivity contribution in [1.82, 2.24) is 4.90 Å². The highest BCUT2D eigenvalue weighted by Gasteiger charge is 2.28. The molecule has 1 heterocycles. The van der Waals surface area contributed by atoms with E-state index < -0.39 is 16.4 Å². The molecule has 1 aliphatic rings. The number of nitrogens with zero attached hydrogens (tertiary/aromatic N) is 2. The second-order valence-electron chi connectivity index (χ2n) is 4.58. The maximum Gasteiger partial charge on any atom is 0.311 e. The van der Waals surface area contributed by atoms with Gasteiger partial charge in [0, 0.05) is 19.2 Å². The minimum absolute atomic E-state index is 0.00157. The van der Waals surface area contributed by atoms with Gasteiger partial charge in [-0.25, -0.2) is 0 Å². The zero-order valence-corrected chi connectivity index (χ0v) is 10.00. The number of nitro groups is 1. The maximum absolute atomic E-state index is 12.1. The van der Waals surface area contributed by atoms with Gasteiger partial charge in [0.05, 0.1) is 10.5 Å². The second-order valence-corrected chi connectivity index (χ2v) is 4.58. The van der Waals surface area contributed by atoms with Crippen molar-refractivity contribution in [3.05, 3.63) is 33.9 Å². The van der Waals surface area contributed by atoms with E-state index in [0.29, 0.717) is 19.0 Å². The third-order valence-electron chi connectivity index (χ3n) is 3.15. The molecule has 1 saturated heterocycles. The molecule has 1 unspecified atom stereocenters. The van der Waals surface area contributed by atoms with Gasteiger partial charge in [-0.1, -0.05) is 13.0 Å². The van der Waals surface area contributed by atoms with Gasteiger partial charge in [-0.05, 0) is 18.4 Å². The smallest absolute Gasteiger partial charge is 0.311 e. The monoisotopic (exact) mass is 250 g/mol. The topological polar surface area (TPSA) is 83.7 Å². The van der Waals surface area contributed by atoms with E-state index in [0.717, 1.165) is 6.42 Å². The highest BCUT2D eigenvalue weighted by molar-refractivity contribution is 5.98. The molecule has 1 N–H and O–H groups in total. The summed E-state index contributed by atoms with van der Waals surface area (Å²) in [6.07, 6.45) is 0.918. The molecule has 2 rings (SSSR count). The molecule has 1 atom stereocenters. The molecule has 1 fully saturated rings. The molecule has 96 valence electrons. The molecule has 6 nitrogen and oxygen atoms in total. The van der Waals surface area contributed by atoms with Crippen molar-refractivity contribution in [2.24, 2.45) is 5.92 Å². The highest BCUT2D eigenvalue weighted by atomic mass is 16.6. The van der Waals surface area contributed by atoms with E-state index in [4.69, 9.17) is 0 Å². The number of likely N-dealkylation sites (tertiary alicyclic amines) is 1. The number of amides is 1. The summed E-state index contributed by atoms with van der Waals surface area (Å²) in [5.74, 6) is -0.470. The standard InChI is InChI=1S/C12H14N2O4/c1-8-5-6-13(7-8)12(16)9-3-2-4-10(11(9)15)14(17)18/h2-4,8,15H,5-7H2,1H3. The van der Waals surface area contributed by atoms with E-state index in [9.17, 15) is 20.0 Å². The SMILES string of the molecule is CC1CCN(C(=O)c2cccc([N+](=O)[O-])c2O)C1. The Bertz CT molecular complexity index is 501. The maximum atomic E-state index is 12.1.